The number of carbonyl (C=O) groups is 1. The van der Waals surface area contributed by atoms with Gasteiger partial charge in [-0.2, -0.15) is 0 Å². The molecule has 0 aromatic carbocycles. The first-order valence-electron chi connectivity index (χ1n) is 8.36. The van der Waals surface area contributed by atoms with Crippen LogP contribution in [0.5, 0.6) is 5.88 Å². The van der Waals surface area contributed by atoms with E-state index in [4.69, 9.17) is 9.47 Å². The van der Waals surface area contributed by atoms with Gasteiger partial charge < -0.3 is 19.7 Å². The van der Waals surface area contributed by atoms with Gasteiger partial charge >= 0.3 is 6.03 Å². The van der Waals surface area contributed by atoms with Gasteiger partial charge in [-0.3, -0.25) is 0 Å². The standard InChI is InChI=1S/C17H25N3O3/c1-12-9-20(10-13(2)23-12)17(21)19-8-15-5-6-18-16(7-15)22-11-14-3-4-14/h5-7,12-14H,3-4,8-11H2,1-2H3,(H,19,21)/t12-,13+. The van der Waals surface area contributed by atoms with E-state index in [-0.39, 0.29) is 18.2 Å². The maximum absolute atomic E-state index is 12.3. The number of morpholine rings is 1. The zero-order valence-corrected chi connectivity index (χ0v) is 13.8. The van der Waals surface area contributed by atoms with Crippen molar-refractivity contribution in [1.82, 2.24) is 15.2 Å². The third-order valence-electron chi connectivity index (χ3n) is 4.11. The van der Waals surface area contributed by atoms with Crippen LogP contribution in [0.25, 0.3) is 0 Å². The number of rotatable bonds is 5. The van der Waals surface area contributed by atoms with Crippen LogP contribution in [0.1, 0.15) is 32.3 Å². The Bertz CT molecular complexity index is 538. The SMILES string of the molecule is C[C@@H]1CN(C(=O)NCc2ccnc(OCC3CC3)c2)C[C@H](C)O1. The summed E-state index contributed by atoms with van der Waals surface area (Å²) in [5.74, 6) is 1.34. The Morgan fingerprint density at radius 3 is 2.83 bits per heavy atom. The number of nitrogens with zero attached hydrogens (tertiary/aromatic N) is 2. The first kappa shape index (κ1) is 16.1. The summed E-state index contributed by atoms with van der Waals surface area (Å²) in [5, 5.41) is 2.96. The Balaban J connectivity index is 1.48. The van der Waals surface area contributed by atoms with Crippen molar-refractivity contribution in [3.8, 4) is 5.88 Å². The highest BCUT2D eigenvalue weighted by atomic mass is 16.5. The molecule has 3 rings (SSSR count). The summed E-state index contributed by atoms with van der Waals surface area (Å²) in [6.45, 7) is 6.45. The highest BCUT2D eigenvalue weighted by molar-refractivity contribution is 5.74. The average Bonchev–Trinajstić information content (AvgIpc) is 3.34. The fraction of sp³-hybridized carbons (Fsp3) is 0.647. The molecule has 1 aliphatic carbocycles. The van der Waals surface area contributed by atoms with E-state index in [1.54, 1.807) is 6.20 Å². The van der Waals surface area contributed by atoms with Crippen LogP contribution in [0.15, 0.2) is 18.3 Å². The molecular weight excluding hydrogens is 294 g/mol. The van der Waals surface area contributed by atoms with Crippen LogP contribution >= 0.6 is 0 Å². The average molecular weight is 319 g/mol. The van der Waals surface area contributed by atoms with Crippen LogP contribution in [0.4, 0.5) is 4.79 Å². The van der Waals surface area contributed by atoms with Crippen LogP contribution < -0.4 is 10.1 Å². The van der Waals surface area contributed by atoms with Gasteiger partial charge in [-0.15, -0.1) is 0 Å². The lowest BCUT2D eigenvalue weighted by Crippen LogP contribution is -2.51. The van der Waals surface area contributed by atoms with Gasteiger partial charge in [0.25, 0.3) is 0 Å². The molecule has 0 radical (unpaired) electrons. The molecule has 0 spiro atoms. The van der Waals surface area contributed by atoms with Gasteiger partial charge in [-0.05, 0) is 44.2 Å². The van der Waals surface area contributed by atoms with Gasteiger partial charge in [0.2, 0.25) is 5.88 Å². The number of ether oxygens (including phenoxy) is 2. The molecule has 2 atom stereocenters. The van der Waals surface area contributed by atoms with Gasteiger partial charge in [-0.1, -0.05) is 0 Å². The van der Waals surface area contributed by atoms with Crippen LogP contribution in [0.2, 0.25) is 0 Å². The maximum atomic E-state index is 12.3. The van der Waals surface area contributed by atoms with Crippen molar-refractivity contribution in [2.75, 3.05) is 19.7 Å². The first-order valence-corrected chi connectivity index (χ1v) is 8.36. The summed E-state index contributed by atoms with van der Waals surface area (Å²) < 4.78 is 11.3. The summed E-state index contributed by atoms with van der Waals surface area (Å²) in [4.78, 5) is 18.3. The topological polar surface area (TPSA) is 63.7 Å². The number of carbonyl (C=O) groups excluding carboxylic acids is 1. The van der Waals surface area contributed by atoms with Crippen molar-refractivity contribution < 1.29 is 14.3 Å². The minimum atomic E-state index is -0.0516. The molecule has 23 heavy (non-hydrogen) atoms. The summed E-state index contributed by atoms with van der Waals surface area (Å²) in [7, 11) is 0. The lowest BCUT2D eigenvalue weighted by Gasteiger charge is -2.35. The molecule has 2 heterocycles. The second kappa shape index (κ2) is 7.17. The molecule has 1 saturated carbocycles. The second-order valence-electron chi connectivity index (χ2n) is 6.58. The number of hydrogen-bond donors (Lipinski definition) is 1. The molecule has 2 amide bonds. The molecule has 2 aliphatic rings. The zero-order chi connectivity index (χ0) is 16.2. The number of hydrogen-bond acceptors (Lipinski definition) is 4. The maximum Gasteiger partial charge on any atom is 0.317 e. The Morgan fingerprint density at radius 2 is 2.13 bits per heavy atom. The summed E-state index contributed by atoms with van der Waals surface area (Å²) in [5.41, 5.74) is 0.994. The molecule has 6 heteroatoms. The third kappa shape index (κ3) is 4.82. The van der Waals surface area contributed by atoms with Crippen molar-refractivity contribution in [3.63, 3.8) is 0 Å². The van der Waals surface area contributed by atoms with E-state index in [9.17, 15) is 4.79 Å². The van der Waals surface area contributed by atoms with Crippen molar-refractivity contribution in [2.45, 2.75) is 45.4 Å². The Hall–Kier alpha value is -1.82. The fourth-order valence-corrected chi connectivity index (χ4v) is 2.76. The molecule has 2 fully saturated rings. The van der Waals surface area contributed by atoms with Crippen LogP contribution in [-0.2, 0) is 11.3 Å². The lowest BCUT2D eigenvalue weighted by atomic mass is 10.2. The van der Waals surface area contributed by atoms with Crippen molar-refractivity contribution in [2.24, 2.45) is 5.92 Å². The first-order chi connectivity index (χ1) is 11.1. The predicted molar refractivity (Wildman–Crippen MR) is 86.3 cm³/mol. The van der Waals surface area contributed by atoms with E-state index in [2.05, 4.69) is 10.3 Å². The second-order valence-corrected chi connectivity index (χ2v) is 6.58. The van der Waals surface area contributed by atoms with Gasteiger partial charge in [0.05, 0.1) is 18.8 Å². The van der Waals surface area contributed by atoms with E-state index < -0.39 is 0 Å². The number of nitrogens with one attached hydrogen (secondary N) is 1. The summed E-state index contributed by atoms with van der Waals surface area (Å²) in [6.07, 6.45) is 4.39. The highest BCUT2D eigenvalue weighted by Crippen LogP contribution is 2.29. The van der Waals surface area contributed by atoms with Gasteiger partial charge in [0.1, 0.15) is 0 Å². The van der Waals surface area contributed by atoms with Gasteiger partial charge in [0, 0.05) is 31.9 Å². The van der Waals surface area contributed by atoms with E-state index in [0.29, 0.717) is 31.4 Å². The van der Waals surface area contributed by atoms with E-state index in [1.807, 2.05) is 30.9 Å². The minimum Gasteiger partial charge on any atom is -0.477 e. The molecule has 0 bridgehead atoms. The molecule has 1 N–H and O–H groups in total. The Morgan fingerprint density at radius 1 is 1.39 bits per heavy atom. The molecule has 1 aromatic heterocycles. The molecule has 1 aliphatic heterocycles. The quantitative estimate of drug-likeness (QED) is 0.903. The van der Waals surface area contributed by atoms with Gasteiger partial charge in [-0.25, -0.2) is 9.78 Å². The summed E-state index contributed by atoms with van der Waals surface area (Å²) >= 11 is 0. The van der Waals surface area contributed by atoms with Crippen molar-refractivity contribution in [1.29, 1.82) is 0 Å². The molecule has 6 nitrogen and oxygen atoms in total. The van der Waals surface area contributed by atoms with Crippen molar-refractivity contribution in [3.05, 3.63) is 23.9 Å². The largest absolute Gasteiger partial charge is 0.477 e. The predicted octanol–water partition coefficient (Wildman–Crippen LogP) is 2.19. The van der Waals surface area contributed by atoms with E-state index >= 15 is 0 Å². The third-order valence-corrected chi connectivity index (χ3v) is 4.11. The Kier molecular flexibility index (Phi) is 5.00. The van der Waals surface area contributed by atoms with Crippen LogP contribution in [-0.4, -0.2) is 47.8 Å². The zero-order valence-electron chi connectivity index (χ0n) is 13.8. The number of aromatic nitrogens is 1. The number of pyridine rings is 1. The molecule has 1 saturated heterocycles. The van der Waals surface area contributed by atoms with Gasteiger partial charge in [0.15, 0.2) is 0 Å². The highest BCUT2D eigenvalue weighted by Gasteiger charge is 2.25. The monoisotopic (exact) mass is 319 g/mol. The van der Waals surface area contributed by atoms with Crippen LogP contribution in [0.3, 0.4) is 0 Å². The molecular formula is C17H25N3O3. The molecule has 126 valence electrons. The smallest absolute Gasteiger partial charge is 0.317 e. The number of urea groups is 1. The summed E-state index contributed by atoms with van der Waals surface area (Å²) in [6, 6.07) is 3.74. The Labute approximate surface area is 137 Å². The molecule has 0 unspecified atom stereocenters. The van der Waals surface area contributed by atoms with Crippen molar-refractivity contribution >= 4 is 6.03 Å². The minimum absolute atomic E-state index is 0.0516. The lowest BCUT2D eigenvalue weighted by molar-refractivity contribution is -0.0545. The van der Waals surface area contributed by atoms with E-state index in [0.717, 1.165) is 12.2 Å². The normalized spacial score (nSPS) is 24.3. The fourth-order valence-electron chi connectivity index (χ4n) is 2.76. The van der Waals surface area contributed by atoms with Crippen LogP contribution in [0, 0.1) is 5.92 Å². The van der Waals surface area contributed by atoms with E-state index in [1.165, 1.54) is 12.8 Å². The molecule has 1 aromatic rings. The number of amides is 2.